The molecule has 0 spiro atoms. The Labute approximate surface area is 179 Å². The molecule has 0 amide bonds. The van der Waals surface area contributed by atoms with Crippen molar-refractivity contribution in [3.05, 3.63) is 29.3 Å². The zero-order valence-corrected chi connectivity index (χ0v) is 18.7. The second-order valence-electron chi connectivity index (χ2n) is 7.10. The number of aliphatic imine (C=N–C) groups is 1. The highest BCUT2D eigenvalue weighted by molar-refractivity contribution is 14.0. The van der Waals surface area contributed by atoms with E-state index in [1.54, 1.807) is 0 Å². The number of benzene rings is 1. The van der Waals surface area contributed by atoms with Crippen molar-refractivity contribution in [2.75, 3.05) is 57.3 Å². The fraction of sp³-hybridized carbons (Fsp3) is 0.632. The lowest BCUT2D eigenvalue weighted by Crippen LogP contribution is -2.51. The van der Waals surface area contributed by atoms with Gasteiger partial charge in [0.2, 0.25) is 0 Å². The molecule has 0 aromatic heterocycles. The Bertz CT molecular complexity index is 572. The summed E-state index contributed by atoms with van der Waals surface area (Å²) in [5.74, 6) is 1.38. The molecule has 26 heavy (non-hydrogen) atoms. The Hall–Kier alpha value is -0.730. The van der Waals surface area contributed by atoms with Crippen molar-refractivity contribution in [1.29, 1.82) is 0 Å². The van der Waals surface area contributed by atoms with Crippen molar-refractivity contribution in [2.24, 2.45) is 16.6 Å². The van der Waals surface area contributed by atoms with E-state index in [4.69, 9.17) is 22.3 Å². The highest BCUT2D eigenvalue weighted by Crippen LogP contribution is 2.20. The number of nitrogens with two attached hydrogens (primary N) is 1. The molecule has 2 saturated heterocycles. The summed E-state index contributed by atoms with van der Waals surface area (Å²) in [5.41, 5.74) is 7.47. The summed E-state index contributed by atoms with van der Waals surface area (Å²) in [5, 5.41) is 0.781. The molecule has 0 aliphatic carbocycles. The molecule has 5 nitrogen and oxygen atoms in total. The first-order chi connectivity index (χ1) is 12.2. The molecule has 0 bridgehead atoms. The van der Waals surface area contributed by atoms with Gasteiger partial charge in [-0.05, 0) is 56.1 Å². The summed E-state index contributed by atoms with van der Waals surface area (Å²) in [6, 6.07) is 8.06. The van der Waals surface area contributed by atoms with Crippen LogP contribution in [0.5, 0.6) is 0 Å². The van der Waals surface area contributed by atoms with Crippen LogP contribution in [0.2, 0.25) is 5.02 Å². The van der Waals surface area contributed by atoms with Crippen LogP contribution in [0, 0.1) is 5.92 Å². The Kier molecular flexibility index (Phi) is 8.76. The molecule has 2 aliphatic heterocycles. The van der Waals surface area contributed by atoms with Gasteiger partial charge < -0.3 is 20.4 Å². The van der Waals surface area contributed by atoms with E-state index in [0.29, 0.717) is 11.9 Å². The van der Waals surface area contributed by atoms with Gasteiger partial charge in [-0.15, -0.1) is 24.0 Å². The van der Waals surface area contributed by atoms with E-state index in [1.165, 1.54) is 38.2 Å². The predicted molar refractivity (Wildman–Crippen MR) is 122 cm³/mol. The first-order valence-electron chi connectivity index (χ1n) is 9.43. The number of likely N-dealkylation sites (tertiary alicyclic amines) is 1. The van der Waals surface area contributed by atoms with Crippen molar-refractivity contribution in [3.63, 3.8) is 0 Å². The van der Waals surface area contributed by atoms with Gasteiger partial charge in [0.1, 0.15) is 0 Å². The molecule has 0 saturated carbocycles. The highest BCUT2D eigenvalue weighted by atomic mass is 127. The average Bonchev–Trinajstić information content (AvgIpc) is 3.08. The fourth-order valence-electron chi connectivity index (χ4n) is 3.75. The Balaban J connectivity index is 0.00000243. The zero-order valence-electron chi connectivity index (χ0n) is 15.6. The summed E-state index contributed by atoms with van der Waals surface area (Å²) >= 11 is 5.97. The van der Waals surface area contributed by atoms with Gasteiger partial charge in [0.25, 0.3) is 0 Å². The smallest absolute Gasteiger partial charge is 0.191 e. The first-order valence-corrected chi connectivity index (χ1v) is 9.81. The van der Waals surface area contributed by atoms with Crippen LogP contribution in [-0.4, -0.2) is 68.1 Å². The molecule has 2 fully saturated rings. The van der Waals surface area contributed by atoms with Gasteiger partial charge in [-0.1, -0.05) is 18.5 Å². The van der Waals surface area contributed by atoms with Gasteiger partial charge in [0, 0.05) is 50.0 Å². The second-order valence-corrected chi connectivity index (χ2v) is 7.54. The molecular formula is C19H31ClIN5. The van der Waals surface area contributed by atoms with E-state index in [-0.39, 0.29) is 24.0 Å². The molecule has 2 heterocycles. The quantitative estimate of drug-likeness (QED) is 0.391. The van der Waals surface area contributed by atoms with E-state index in [2.05, 4.69) is 33.8 Å². The molecule has 1 unspecified atom stereocenters. The number of nitrogens with zero attached hydrogens (tertiary/aromatic N) is 4. The van der Waals surface area contributed by atoms with Crippen LogP contribution < -0.4 is 10.6 Å². The molecule has 1 atom stereocenters. The maximum atomic E-state index is 6.25. The summed E-state index contributed by atoms with van der Waals surface area (Å²) in [4.78, 5) is 11.8. The van der Waals surface area contributed by atoms with Gasteiger partial charge >= 0.3 is 0 Å². The molecule has 1 aromatic rings. The van der Waals surface area contributed by atoms with Gasteiger partial charge in [-0.3, -0.25) is 4.99 Å². The molecule has 7 heteroatoms. The topological polar surface area (TPSA) is 48.1 Å². The highest BCUT2D eigenvalue weighted by Gasteiger charge is 2.22. The van der Waals surface area contributed by atoms with Crippen molar-refractivity contribution >= 4 is 47.2 Å². The number of rotatable bonds is 5. The van der Waals surface area contributed by atoms with Crippen LogP contribution in [0.25, 0.3) is 0 Å². The van der Waals surface area contributed by atoms with Gasteiger partial charge in [-0.2, -0.15) is 0 Å². The minimum absolute atomic E-state index is 0. The lowest BCUT2D eigenvalue weighted by Gasteiger charge is -2.36. The largest absolute Gasteiger partial charge is 0.370 e. The van der Waals surface area contributed by atoms with Crippen LogP contribution in [0.15, 0.2) is 29.3 Å². The van der Waals surface area contributed by atoms with Crippen LogP contribution in [0.3, 0.4) is 0 Å². The molecule has 2 N–H and O–H groups in total. The summed E-state index contributed by atoms with van der Waals surface area (Å²) in [6.07, 6.45) is 2.48. The third-order valence-electron chi connectivity index (χ3n) is 5.22. The summed E-state index contributed by atoms with van der Waals surface area (Å²) in [7, 11) is 0. The SMILES string of the molecule is CCCN1CCC(CN=C(N)N2CCN(c3ccc(Cl)cc3)CC2)C1.I. The minimum atomic E-state index is 0. The van der Waals surface area contributed by atoms with Crippen molar-refractivity contribution < 1.29 is 0 Å². The van der Waals surface area contributed by atoms with E-state index in [0.717, 1.165) is 37.7 Å². The fourth-order valence-corrected chi connectivity index (χ4v) is 3.88. The number of anilines is 1. The molecular weight excluding hydrogens is 461 g/mol. The Morgan fingerprint density at radius 1 is 1.15 bits per heavy atom. The monoisotopic (exact) mass is 491 g/mol. The van der Waals surface area contributed by atoms with E-state index < -0.39 is 0 Å². The average molecular weight is 492 g/mol. The normalized spacial score (nSPS) is 21.8. The summed E-state index contributed by atoms with van der Waals surface area (Å²) in [6.45, 7) is 10.5. The predicted octanol–water partition coefficient (Wildman–Crippen LogP) is 3.13. The van der Waals surface area contributed by atoms with Crippen LogP contribution in [-0.2, 0) is 0 Å². The van der Waals surface area contributed by atoms with E-state index in [1.807, 2.05) is 12.1 Å². The lowest BCUT2D eigenvalue weighted by molar-refractivity contribution is 0.325. The summed E-state index contributed by atoms with van der Waals surface area (Å²) < 4.78 is 0. The maximum Gasteiger partial charge on any atom is 0.191 e. The molecule has 146 valence electrons. The van der Waals surface area contributed by atoms with Crippen LogP contribution in [0.1, 0.15) is 19.8 Å². The maximum absolute atomic E-state index is 6.25. The molecule has 3 rings (SSSR count). The molecule has 0 radical (unpaired) electrons. The van der Waals surface area contributed by atoms with Crippen molar-refractivity contribution in [1.82, 2.24) is 9.80 Å². The minimum Gasteiger partial charge on any atom is -0.370 e. The second kappa shape index (κ2) is 10.6. The van der Waals surface area contributed by atoms with E-state index >= 15 is 0 Å². The number of guanidine groups is 1. The Morgan fingerprint density at radius 2 is 1.85 bits per heavy atom. The third-order valence-corrected chi connectivity index (χ3v) is 5.47. The number of hydrogen-bond acceptors (Lipinski definition) is 3. The Morgan fingerprint density at radius 3 is 2.50 bits per heavy atom. The molecule has 2 aliphatic rings. The number of hydrogen-bond donors (Lipinski definition) is 1. The van der Waals surface area contributed by atoms with Gasteiger partial charge in [0.05, 0.1) is 0 Å². The molecule has 1 aromatic carbocycles. The van der Waals surface area contributed by atoms with Gasteiger partial charge in [0.15, 0.2) is 5.96 Å². The number of piperazine rings is 1. The van der Waals surface area contributed by atoms with E-state index in [9.17, 15) is 0 Å². The van der Waals surface area contributed by atoms with Crippen molar-refractivity contribution in [3.8, 4) is 0 Å². The standard InChI is InChI=1S/C19H30ClN5.HI/c1-2-8-23-9-7-16(15-23)14-22-19(21)25-12-10-24(11-13-25)18-5-3-17(20)4-6-18;/h3-6,16H,2,7-15H2,1H3,(H2,21,22);1H. The first kappa shape index (κ1) is 21.6. The third kappa shape index (κ3) is 5.89. The van der Waals surface area contributed by atoms with Crippen molar-refractivity contribution in [2.45, 2.75) is 19.8 Å². The number of halogens is 2. The van der Waals surface area contributed by atoms with Crippen LogP contribution >= 0.6 is 35.6 Å². The lowest BCUT2D eigenvalue weighted by atomic mass is 10.1. The van der Waals surface area contributed by atoms with Crippen LogP contribution in [0.4, 0.5) is 5.69 Å². The zero-order chi connectivity index (χ0) is 17.6. The van der Waals surface area contributed by atoms with Gasteiger partial charge in [-0.25, -0.2) is 0 Å².